The Balaban J connectivity index is 2.12. The van der Waals surface area contributed by atoms with Crippen LogP contribution in [0.3, 0.4) is 0 Å². The Morgan fingerprint density at radius 3 is 1.63 bits per heavy atom. The standard InChI is InChI=1S/C24H27BO2/c1-23(2,3)15-9-14-10-16(24(4,5)6)12-21-19-13-17(25(26)27)7-8-18(19)20(11-15)22(14)21/h7-13,26-27H,1-6H3. The van der Waals surface area contributed by atoms with Crippen molar-refractivity contribution in [3.63, 3.8) is 0 Å². The summed E-state index contributed by atoms with van der Waals surface area (Å²) in [6.45, 7) is 13.4. The average Bonchev–Trinajstić information content (AvgIpc) is 2.88. The zero-order valence-corrected chi connectivity index (χ0v) is 17.0. The predicted octanol–water partition coefficient (Wildman–Crippen LogP) is 4.76. The van der Waals surface area contributed by atoms with E-state index in [0.717, 1.165) is 5.56 Å². The molecule has 0 radical (unpaired) electrons. The van der Waals surface area contributed by atoms with Crippen LogP contribution in [-0.4, -0.2) is 17.2 Å². The van der Waals surface area contributed by atoms with Crippen LogP contribution in [0.2, 0.25) is 0 Å². The van der Waals surface area contributed by atoms with Crippen molar-refractivity contribution in [1.29, 1.82) is 0 Å². The van der Waals surface area contributed by atoms with Crippen molar-refractivity contribution in [2.75, 3.05) is 0 Å². The van der Waals surface area contributed by atoms with Crippen LogP contribution in [0, 0.1) is 0 Å². The molecule has 0 fully saturated rings. The maximum absolute atomic E-state index is 9.66. The van der Waals surface area contributed by atoms with E-state index >= 15 is 0 Å². The van der Waals surface area contributed by atoms with Gasteiger partial charge in [0.05, 0.1) is 0 Å². The van der Waals surface area contributed by atoms with Crippen molar-refractivity contribution in [1.82, 2.24) is 0 Å². The number of hydrogen-bond acceptors (Lipinski definition) is 2. The molecule has 0 unspecified atom stereocenters. The molecular weight excluding hydrogens is 331 g/mol. The van der Waals surface area contributed by atoms with Gasteiger partial charge >= 0.3 is 7.12 Å². The fourth-order valence-corrected chi connectivity index (χ4v) is 3.99. The smallest absolute Gasteiger partial charge is 0.423 e. The molecule has 0 bridgehead atoms. The lowest BCUT2D eigenvalue weighted by molar-refractivity contribution is 0.426. The Morgan fingerprint density at radius 1 is 0.630 bits per heavy atom. The van der Waals surface area contributed by atoms with Gasteiger partial charge in [-0.15, -0.1) is 0 Å². The third kappa shape index (κ3) is 2.90. The molecule has 3 aromatic carbocycles. The second kappa shape index (κ2) is 5.70. The van der Waals surface area contributed by atoms with Gasteiger partial charge in [-0.2, -0.15) is 0 Å². The van der Waals surface area contributed by atoms with Crippen LogP contribution in [0.25, 0.3) is 33.0 Å². The van der Waals surface area contributed by atoms with Gasteiger partial charge in [-0.25, -0.2) is 0 Å². The third-order valence-corrected chi connectivity index (χ3v) is 5.70. The minimum Gasteiger partial charge on any atom is -0.423 e. The van der Waals surface area contributed by atoms with Crippen LogP contribution in [0.4, 0.5) is 0 Å². The molecule has 4 rings (SSSR count). The predicted molar refractivity (Wildman–Crippen MR) is 116 cm³/mol. The molecule has 0 aliphatic heterocycles. The van der Waals surface area contributed by atoms with Gasteiger partial charge in [0.15, 0.2) is 0 Å². The second-order valence-electron chi connectivity index (χ2n) is 9.82. The van der Waals surface area contributed by atoms with Crippen molar-refractivity contribution in [3.8, 4) is 22.3 Å². The topological polar surface area (TPSA) is 40.5 Å². The third-order valence-electron chi connectivity index (χ3n) is 5.70. The maximum atomic E-state index is 9.66. The first-order valence-corrected chi connectivity index (χ1v) is 9.60. The number of benzene rings is 3. The minimum absolute atomic E-state index is 0.0411. The molecule has 27 heavy (non-hydrogen) atoms. The highest BCUT2D eigenvalue weighted by Gasteiger charge is 2.28. The Kier molecular flexibility index (Phi) is 3.86. The first-order valence-electron chi connectivity index (χ1n) is 9.60. The highest BCUT2D eigenvalue weighted by molar-refractivity contribution is 6.58. The molecule has 2 N–H and O–H groups in total. The average molecular weight is 358 g/mol. The number of rotatable bonds is 1. The molecule has 0 aromatic heterocycles. The zero-order chi connectivity index (χ0) is 19.7. The highest BCUT2D eigenvalue weighted by Crippen LogP contribution is 2.49. The quantitative estimate of drug-likeness (QED) is 0.482. The molecule has 3 heteroatoms. The largest absolute Gasteiger partial charge is 0.488 e. The summed E-state index contributed by atoms with van der Waals surface area (Å²) in [5.74, 6) is 0. The summed E-state index contributed by atoms with van der Waals surface area (Å²) < 4.78 is 0. The van der Waals surface area contributed by atoms with Gasteiger partial charge in [0.25, 0.3) is 0 Å². The van der Waals surface area contributed by atoms with Crippen LogP contribution in [0.1, 0.15) is 52.7 Å². The Labute approximate surface area is 162 Å². The molecule has 0 atom stereocenters. The summed E-state index contributed by atoms with van der Waals surface area (Å²) in [5, 5.41) is 21.9. The van der Waals surface area contributed by atoms with Gasteiger partial charge in [-0.3, -0.25) is 0 Å². The molecule has 2 nitrogen and oxygen atoms in total. The van der Waals surface area contributed by atoms with E-state index in [-0.39, 0.29) is 10.8 Å². The highest BCUT2D eigenvalue weighted by atomic mass is 16.4. The SMILES string of the molecule is CC(C)(C)c1cc2c3c(cc(C(C)(C)C)cc3c1)-c1cc(B(O)O)ccc1-2. The molecule has 0 saturated heterocycles. The first-order chi connectivity index (χ1) is 12.5. The van der Waals surface area contributed by atoms with Gasteiger partial charge in [-0.05, 0) is 72.6 Å². The lowest BCUT2D eigenvalue weighted by Crippen LogP contribution is -2.29. The van der Waals surface area contributed by atoms with Crippen molar-refractivity contribution < 1.29 is 10.0 Å². The lowest BCUT2D eigenvalue weighted by atomic mass is 9.78. The van der Waals surface area contributed by atoms with Crippen LogP contribution in [-0.2, 0) is 10.8 Å². The summed E-state index contributed by atoms with van der Waals surface area (Å²) in [6, 6.07) is 15.0. The summed E-state index contributed by atoms with van der Waals surface area (Å²) >= 11 is 0. The summed E-state index contributed by atoms with van der Waals surface area (Å²) in [5.41, 5.74) is 7.98. The summed E-state index contributed by atoms with van der Waals surface area (Å²) in [4.78, 5) is 0. The van der Waals surface area contributed by atoms with E-state index in [1.54, 1.807) is 0 Å². The second-order valence-corrected chi connectivity index (χ2v) is 9.82. The van der Waals surface area contributed by atoms with E-state index in [1.165, 1.54) is 38.6 Å². The van der Waals surface area contributed by atoms with Crippen molar-refractivity contribution in [2.24, 2.45) is 0 Å². The van der Waals surface area contributed by atoms with E-state index in [2.05, 4.69) is 65.8 Å². The van der Waals surface area contributed by atoms with Gasteiger partial charge in [0.1, 0.15) is 0 Å². The van der Waals surface area contributed by atoms with Crippen LogP contribution in [0.15, 0.2) is 42.5 Å². The number of hydrogen-bond donors (Lipinski definition) is 2. The molecule has 1 aliphatic carbocycles. The molecule has 3 aromatic rings. The van der Waals surface area contributed by atoms with Crippen LogP contribution >= 0.6 is 0 Å². The Morgan fingerprint density at radius 2 is 1.15 bits per heavy atom. The molecule has 0 spiro atoms. The van der Waals surface area contributed by atoms with Gasteiger partial charge in [0.2, 0.25) is 0 Å². The van der Waals surface area contributed by atoms with Crippen LogP contribution in [0.5, 0.6) is 0 Å². The fourth-order valence-electron chi connectivity index (χ4n) is 3.99. The van der Waals surface area contributed by atoms with E-state index < -0.39 is 7.12 Å². The molecule has 138 valence electrons. The fraction of sp³-hybridized carbons (Fsp3) is 0.333. The van der Waals surface area contributed by atoms with Gasteiger partial charge in [0, 0.05) is 0 Å². The normalized spacial score (nSPS) is 13.2. The first kappa shape index (κ1) is 18.3. The van der Waals surface area contributed by atoms with Crippen molar-refractivity contribution >= 4 is 23.4 Å². The summed E-state index contributed by atoms with van der Waals surface area (Å²) in [7, 11) is -1.45. The Hall–Kier alpha value is -2.10. The van der Waals surface area contributed by atoms with Crippen LogP contribution < -0.4 is 5.46 Å². The van der Waals surface area contributed by atoms with Crippen molar-refractivity contribution in [2.45, 2.75) is 52.4 Å². The summed E-state index contributed by atoms with van der Waals surface area (Å²) in [6.07, 6.45) is 0. The van der Waals surface area contributed by atoms with E-state index in [4.69, 9.17) is 0 Å². The van der Waals surface area contributed by atoms with E-state index in [0.29, 0.717) is 5.46 Å². The molecule has 0 amide bonds. The zero-order valence-electron chi connectivity index (χ0n) is 17.0. The lowest BCUT2D eigenvalue weighted by Gasteiger charge is -2.23. The van der Waals surface area contributed by atoms with Crippen molar-refractivity contribution in [3.05, 3.63) is 53.6 Å². The minimum atomic E-state index is -1.45. The van der Waals surface area contributed by atoms with E-state index in [1.807, 2.05) is 18.2 Å². The van der Waals surface area contributed by atoms with Gasteiger partial charge < -0.3 is 10.0 Å². The molecule has 0 heterocycles. The molecular formula is C24H27BO2. The van der Waals surface area contributed by atoms with E-state index in [9.17, 15) is 10.0 Å². The maximum Gasteiger partial charge on any atom is 0.488 e. The molecule has 0 saturated carbocycles. The monoisotopic (exact) mass is 358 g/mol. The number of fused-ring (bicyclic) bond motifs is 3. The van der Waals surface area contributed by atoms with Gasteiger partial charge in [-0.1, -0.05) is 71.9 Å². The Bertz CT molecular complexity index is 1060. The molecule has 1 aliphatic rings.